The number of pyridine rings is 1. The van der Waals surface area contributed by atoms with Crippen molar-refractivity contribution in [3.8, 4) is 0 Å². The van der Waals surface area contributed by atoms with Gasteiger partial charge in [0.2, 0.25) is 0 Å². The molecule has 17 heavy (non-hydrogen) atoms. The molecule has 1 unspecified atom stereocenters. The Morgan fingerprint density at radius 2 is 2.18 bits per heavy atom. The first-order valence-electron chi connectivity index (χ1n) is 5.90. The zero-order chi connectivity index (χ0) is 13.1. The Labute approximate surface area is 104 Å². The molecular formula is C13H23N3O. The predicted octanol–water partition coefficient (Wildman–Crippen LogP) is 1.57. The molecule has 0 radical (unpaired) electrons. The fourth-order valence-electron chi connectivity index (χ4n) is 1.47. The summed E-state index contributed by atoms with van der Waals surface area (Å²) in [5, 5.41) is 12.6. The predicted molar refractivity (Wildman–Crippen MR) is 71.3 cm³/mol. The van der Waals surface area contributed by atoms with Gasteiger partial charge in [-0.2, -0.15) is 0 Å². The Bertz CT molecular complexity index is 365. The van der Waals surface area contributed by atoms with Gasteiger partial charge in [-0.1, -0.05) is 0 Å². The van der Waals surface area contributed by atoms with Gasteiger partial charge in [0.15, 0.2) is 0 Å². The Hall–Kier alpha value is -1.13. The summed E-state index contributed by atoms with van der Waals surface area (Å²) in [4.78, 5) is 6.36. The summed E-state index contributed by atoms with van der Waals surface area (Å²) in [5.41, 5.74) is 0.882. The van der Waals surface area contributed by atoms with E-state index in [-0.39, 0.29) is 12.1 Å². The molecule has 1 rings (SSSR count). The molecule has 0 amide bonds. The van der Waals surface area contributed by atoms with Gasteiger partial charge >= 0.3 is 0 Å². The second kappa shape index (κ2) is 5.47. The molecule has 2 N–H and O–H groups in total. The summed E-state index contributed by atoms with van der Waals surface area (Å²) in [5.74, 6) is 0.878. The first-order chi connectivity index (χ1) is 7.92. The molecule has 1 heterocycles. The minimum Gasteiger partial charge on any atom is -0.394 e. The number of hydrogen-bond donors (Lipinski definition) is 2. The van der Waals surface area contributed by atoms with Crippen LogP contribution >= 0.6 is 0 Å². The Morgan fingerprint density at radius 3 is 2.71 bits per heavy atom. The van der Waals surface area contributed by atoms with Crippen LogP contribution in [0.2, 0.25) is 0 Å². The molecule has 4 nitrogen and oxygen atoms in total. The number of aliphatic hydroxyl groups excluding tert-OH is 1. The Kier molecular flexibility index (Phi) is 4.48. The van der Waals surface area contributed by atoms with Gasteiger partial charge in [-0.3, -0.25) is 0 Å². The molecule has 0 aliphatic carbocycles. The minimum absolute atomic E-state index is 0.0942. The lowest BCUT2D eigenvalue weighted by Gasteiger charge is -2.35. The third-order valence-corrected chi connectivity index (χ3v) is 3.34. The van der Waals surface area contributed by atoms with E-state index in [0.29, 0.717) is 6.04 Å². The molecule has 0 fully saturated rings. The van der Waals surface area contributed by atoms with E-state index in [1.807, 2.05) is 45.1 Å². The van der Waals surface area contributed by atoms with Gasteiger partial charge in [-0.25, -0.2) is 4.98 Å². The van der Waals surface area contributed by atoms with Crippen LogP contribution in [-0.4, -0.2) is 36.3 Å². The summed E-state index contributed by atoms with van der Waals surface area (Å²) < 4.78 is 0. The first-order valence-corrected chi connectivity index (χ1v) is 5.90. The van der Waals surface area contributed by atoms with Crippen LogP contribution < -0.4 is 10.2 Å². The van der Waals surface area contributed by atoms with Crippen LogP contribution in [0.3, 0.4) is 0 Å². The molecule has 1 aromatic rings. The van der Waals surface area contributed by atoms with Crippen LogP contribution in [0.25, 0.3) is 0 Å². The maximum atomic E-state index is 9.37. The molecule has 0 aliphatic heterocycles. The number of nitrogens with zero attached hydrogens (tertiary/aromatic N) is 2. The van der Waals surface area contributed by atoms with Gasteiger partial charge in [0.25, 0.3) is 0 Å². The first kappa shape index (κ1) is 13.9. The molecule has 1 aromatic heterocycles. The number of likely N-dealkylation sites (N-methyl/N-ethyl adjacent to an activating group) is 1. The van der Waals surface area contributed by atoms with E-state index in [9.17, 15) is 5.11 Å². The van der Waals surface area contributed by atoms with Gasteiger partial charge < -0.3 is 15.3 Å². The lowest BCUT2D eigenvalue weighted by atomic mass is 10.0. The van der Waals surface area contributed by atoms with Crippen LogP contribution in [0, 0.1) is 0 Å². The zero-order valence-electron chi connectivity index (χ0n) is 11.4. The highest BCUT2D eigenvalue weighted by molar-refractivity contribution is 5.43. The minimum atomic E-state index is -0.311. The van der Waals surface area contributed by atoms with Crippen LogP contribution in [0.15, 0.2) is 18.3 Å². The van der Waals surface area contributed by atoms with E-state index in [4.69, 9.17) is 0 Å². The van der Waals surface area contributed by atoms with E-state index in [0.717, 1.165) is 5.82 Å². The summed E-state index contributed by atoms with van der Waals surface area (Å²) in [6.07, 6.45) is 1.81. The van der Waals surface area contributed by atoms with Gasteiger partial charge in [0.1, 0.15) is 5.82 Å². The van der Waals surface area contributed by atoms with E-state index in [1.165, 1.54) is 5.56 Å². The van der Waals surface area contributed by atoms with E-state index in [2.05, 4.69) is 23.3 Å². The van der Waals surface area contributed by atoms with Crippen molar-refractivity contribution in [1.29, 1.82) is 0 Å². The highest BCUT2D eigenvalue weighted by Gasteiger charge is 2.23. The van der Waals surface area contributed by atoms with Gasteiger partial charge in [-0.15, -0.1) is 0 Å². The molecule has 96 valence electrons. The number of hydrogen-bond acceptors (Lipinski definition) is 4. The summed E-state index contributed by atoms with van der Waals surface area (Å²) in [6, 6.07) is 4.35. The average Bonchev–Trinajstić information content (AvgIpc) is 2.36. The van der Waals surface area contributed by atoms with Crippen molar-refractivity contribution in [3.05, 3.63) is 23.9 Å². The summed E-state index contributed by atoms with van der Waals surface area (Å²) in [7, 11) is 3.89. The topological polar surface area (TPSA) is 48.4 Å². The molecule has 0 bridgehead atoms. The smallest absolute Gasteiger partial charge is 0.129 e. The highest BCUT2D eigenvalue weighted by atomic mass is 16.3. The van der Waals surface area contributed by atoms with E-state index < -0.39 is 0 Å². The second-order valence-electron chi connectivity index (χ2n) is 4.99. The molecule has 0 aliphatic rings. The molecule has 0 saturated heterocycles. The van der Waals surface area contributed by atoms with Crippen molar-refractivity contribution < 1.29 is 5.11 Å². The third-order valence-electron chi connectivity index (χ3n) is 3.34. The fraction of sp³-hybridized carbons (Fsp3) is 0.615. The van der Waals surface area contributed by atoms with Crippen molar-refractivity contribution in [2.24, 2.45) is 0 Å². The highest BCUT2D eigenvalue weighted by Crippen LogP contribution is 2.22. The fourth-order valence-corrected chi connectivity index (χ4v) is 1.47. The van der Waals surface area contributed by atoms with Crippen LogP contribution in [-0.2, 0) is 0 Å². The summed E-state index contributed by atoms with van der Waals surface area (Å²) in [6.45, 7) is 6.18. The summed E-state index contributed by atoms with van der Waals surface area (Å²) >= 11 is 0. The van der Waals surface area contributed by atoms with Crippen molar-refractivity contribution in [2.45, 2.75) is 32.4 Å². The van der Waals surface area contributed by atoms with Crippen molar-refractivity contribution >= 4 is 5.82 Å². The lowest BCUT2D eigenvalue weighted by molar-refractivity contribution is 0.215. The quantitative estimate of drug-likeness (QED) is 0.816. The Morgan fingerprint density at radius 1 is 1.53 bits per heavy atom. The number of aliphatic hydroxyl groups is 1. The Balaban J connectivity index is 2.99. The van der Waals surface area contributed by atoms with Gasteiger partial charge in [0.05, 0.1) is 12.1 Å². The number of rotatable bonds is 5. The number of nitrogens with one attached hydrogen (secondary N) is 1. The monoisotopic (exact) mass is 237 g/mol. The van der Waals surface area contributed by atoms with E-state index in [1.54, 1.807) is 0 Å². The lowest BCUT2D eigenvalue weighted by Crippen LogP contribution is -2.44. The number of anilines is 1. The molecule has 4 heteroatoms. The van der Waals surface area contributed by atoms with Crippen molar-refractivity contribution in [2.75, 3.05) is 25.6 Å². The van der Waals surface area contributed by atoms with Crippen molar-refractivity contribution in [1.82, 2.24) is 10.3 Å². The maximum Gasteiger partial charge on any atom is 0.129 e. The molecule has 1 atom stereocenters. The third kappa shape index (κ3) is 3.17. The normalized spacial score (nSPS) is 13.5. The average molecular weight is 237 g/mol. The van der Waals surface area contributed by atoms with Crippen LogP contribution in [0.5, 0.6) is 0 Å². The van der Waals surface area contributed by atoms with Crippen LogP contribution in [0.1, 0.15) is 32.4 Å². The van der Waals surface area contributed by atoms with E-state index >= 15 is 0 Å². The van der Waals surface area contributed by atoms with Gasteiger partial charge in [-0.05, 0) is 45.5 Å². The zero-order valence-corrected chi connectivity index (χ0v) is 11.4. The molecule has 0 spiro atoms. The largest absolute Gasteiger partial charge is 0.394 e. The molecule has 0 saturated carbocycles. The maximum absolute atomic E-state index is 9.37. The molecular weight excluding hydrogens is 214 g/mol. The SMILES string of the molecule is CNC(C)c1ccnc(N(C)C(C)(C)CO)c1. The van der Waals surface area contributed by atoms with Crippen molar-refractivity contribution in [3.63, 3.8) is 0 Å². The second-order valence-corrected chi connectivity index (χ2v) is 4.99. The molecule has 0 aromatic carbocycles. The number of aromatic nitrogens is 1. The van der Waals surface area contributed by atoms with Gasteiger partial charge in [0, 0.05) is 19.3 Å². The standard InChI is InChI=1S/C13H23N3O/c1-10(14-4)11-6-7-15-12(8-11)16(5)13(2,3)9-17/h6-8,10,14,17H,9H2,1-5H3. The van der Waals surface area contributed by atoms with Crippen LogP contribution in [0.4, 0.5) is 5.82 Å².